The Bertz CT molecular complexity index is 1190. The third-order valence-corrected chi connectivity index (χ3v) is 5.71. The number of fused-ring (bicyclic) bond motifs is 1. The first-order valence-corrected chi connectivity index (χ1v) is 11.0. The minimum Gasteiger partial charge on any atom is -0.489 e. The Morgan fingerprint density at radius 1 is 0.969 bits per heavy atom. The molecule has 0 N–H and O–H groups in total. The van der Waals surface area contributed by atoms with Crippen LogP contribution in [0.5, 0.6) is 5.75 Å². The first-order valence-electron chi connectivity index (χ1n) is 11.0. The number of aliphatic imine (C=N–C) groups is 1. The van der Waals surface area contributed by atoms with Gasteiger partial charge in [-0.2, -0.15) is 5.26 Å². The van der Waals surface area contributed by atoms with Crippen LogP contribution >= 0.6 is 0 Å². The van der Waals surface area contributed by atoms with Gasteiger partial charge in [-0.05, 0) is 70.5 Å². The lowest BCUT2D eigenvalue weighted by molar-refractivity contribution is 0.306. The Hall–Kier alpha value is -3.64. The van der Waals surface area contributed by atoms with Crippen molar-refractivity contribution < 1.29 is 4.74 Å². The van der Waals surface area contributed by atoms with Gasteiger partial charge in [0.2, 0.25) is 0 Å². The molecule has 3 aromatic carbocycles. The molecular weight excluding hydrogens is 392 g/mol. The highest BCUT2D eigenvalue weighted by atomic mass is 16.5. The van der Waals surface area contributed by atoms with Gasteiger partial charge in [-0.25, -0.2) is 0 Å². The summed E-state index contributed by atoms with van der Waals surface area (Å²) in [6.45, 7) is 8.01. The van der Waals surface area contributed by atoms with Gasteiger partial charge < -0.3 is 4.74 Å². The van der Waals surface area contributed by atoms with Crippen molar-refractivity contribution >= 4 is 11.8 Å². The standard InChI is InChI=1S/C29H28N2O/c1-29(2,3)25-11-8-23(9-12-25)20-32-26-13-14-27-24(18-26)16-17-31-28(27)15-10-21-4-6-22(19-30)7-5-21/h4-15,18H,16-17,20H2,1-3H3. The normalized spacial score (nSPS) is 13.4. The maximum Gasteiger partial charge on any atom is 0.120 e. The number of rotatable bonds is 5. The molecule has 0 unspecified atom stereocenters. The van der Waals surface area contributed by atoms with E-state index in [4.69, 9.17) is 15.0 Å². The molecule has 0 aromatic heterocycles. The minimum atomic E-state index is 0.158. The molecule has 0 atom stereocenters. The molecule has 32 heavy (non-hydrogen) atoms. The van der Waals surface area contributed by atoms with Gasteiger partial charge in [-0.1, -0.05) is 63.2 Å². The van der Waals surface area contributed by atoms with Gasteiger partial charge in [0.05, 0.1) is 17.3 Å². The molecule has 0 aliphatic carbocycles. The lowest BCUT2D eigenvalue weighted by atomic mass is 9.87. The van der Waals surface area contributed by atoms with E-state index in [2.05, 4.69) is 69.3 Å². The Labute approximate surface area is 190 Å². The summed E-state index contributed by atoms with van der Waals surface area (Å²) in [5.41, 5.74) is 7.78. The van der Waals surface area contributed by atoms with E-state index in [0.717, 1.165) is 35.6 Å². The fourth-order valence-electron chi connectivity index (χ4n) is 3.75. The Balaban J connectivity index is 1.43. The Morgan fingerprint density at radius 3 is 2.41 bits per heavy atom. The first kappa shape index (κ1) is 21.6. The number of nitriles is 1. The molecule has 1 aliphatic rings. The maximum atomic E-state index is 8.94. The van der Waals surface area contributed by atoms with Gasteiger partial charge in [-0.15, -0.1) is 0 Å². The number of allylic oxidation sites excluding steroid dienone is 1. The average Bonchev–Trinajstić information content (AvgIpc) is 2.81. The Kier molecular flexibility index (Phi) is 6.23. The molecule has 0 fully saturated rings. The van der Waals surface area contributed by atoms with Crippen molar-refractivity contribution in [1.82, 2.24) is 0 Å². The van der Waals surface area contributed by atoms with E-state index in [1.54, 1.807) is 0 Å². The second kappa shape index (κ2) is 9.24. The van der Waals surface area contributed by atoms with Crippen LogP contribution in [0.2, 0.25) is 0 Å². The average molecular weight is 421 g/mol. The molecule has 3 nitrogen and oxygen atoms in total. The highest BCUT2D eigenvalue weighted by molar-refractivity contribution is 6.12. The number of hydrogen-bond donors (Lipinski definition) is 0. The number of nitrogens with zero attached hydrogens (tertiary/aromatic N) is 2. The van der Waals surface area contributed by atoms with E-state index in [9.17, 15) is 0 Å². The van der Waals surface area contributed by atoms with Crippen molar-refractivity contribution in [3.8, 4) is 11.8 Å². The summed E-state index contributed by atoms with van der Waals surface area (Å²) in [5.74, 6) is 0.890. The Morgan fingerprint density at radius 2 is 1.72 bits per heavy atom. The van der Waals surface area contributed by atoms with Crippen LogP contribution < -0.4 is 4.74 Å². The zero-order valence-electron chi connectivity index (χ0n) is 18.9. The lowest BCUT2D eigenvalue weighted by Gasteiger charge is -2.19. The van der Waals surface area contributed by atoms with Gasteiger partial charge in [0.1, 0.15) is 12.4 Å². The zero-order chi connectivity index (χ0) is 22.6. The number of ether oxygens (including phenoxy) is 1. The van der Waals surface area contributed by atoms with Crippen molar-refractivity contribution in [2.75, 3.05) is 6.54 Å². The summed E-state index contributed by atoms with van der Waals surface area (Å²) < 4.78 is 6.09. The molecule has 1 heterocycles. The fraction of sp³-hybridized carbons (Fsp3) is 0.241. The molecule has 0 saturated carbocycles. The molecule has 3 aromatic rings. The third kappa shape index (κ3) is 5.15. The molecule has 0 bridgehead atoms. The van der Waals surface area contributed by atoms with Gasteiger partial charge in [0, 0.05) is 12.1 Å². The van der Waals surface area contributed by atoms with Crippen molar-refractivity contribution in [3.05, 3.63) is 106 Å². The zero-order valence-corrected chi connectivity index (χ0v) is 18.9. The third-order valence-electron chi connectivity index (χ3n) is 5.71. The van der Waals surface area contributed by atoms with Gasteiger partial charge in [0.25, 0.3) is 0 Å². The molecule has 0 amide bonds. The molecule has 0 spiro atoms. The van der Waals surface area contributed by atoms with Crippen molar-refractivity contribution in [1.29, 1.82) is 5.26 Å². The first-order chi connectivity index (χ1) is 15.4. The van der Waals surface area contributed by atoms with Crippen LogP contribution in [0.3, 0.4) is 0 Å². The molecule has 1 aliphatic heterocycles. The molecule has 4 rings (SSSR count). The smallest absolute Gasteiger partial charge is 0.120 e. The van der Waals surface area contributed by atoms with E-state index >= 15 is 0 Å². The molecule has 160 valence electrons. The van der Waals surface area contributed by atoms with Crippen molar-refractivity contribution in [2.24, 2.45) is 4.99 Å². The molecule has 3 heteroatoms. The van der Waals surface area contributed by atoms with Gasteiger partial charge in [-0.3, -0.25) is 4.99 Å². The van der Waals surface area contributed by atoms with E-state index in [1.807, 2.05) is 36.4 Å². The predicted octanol–water partition coefficient (Wildman–Crippen LogP) is 6.49. The monoisotopic (exact) mass is 420 g/mol. The fourth-order valence-corrected chi connectivity index (χ4v) is 3.75. The van der Waals surface area contributed by atoms with Crippen LogP contribution in [-0.2, 0) is 18.4 Å². The van der Waals surface area contributed by atoms with Crippen LogP contribution in [0.25, 0.3) is 6.08 Å². The second-order valence-electron chi connectivity index (χ2n) is 9.14. The summed E-state index contributed by atoms with van der Waals surface area (Å²) >= 11 is 0. The van der Waals surface area contributed by atoms with Crippen LogP contribution in [0.1, 0.15) is 54.2 Å². The van der Waals surface area contributed by atoms with Crippen LogP contribution in [0.15, 0.2) is 77.8 Å². The summed E-state index contributed by atoms with van der Waals surface area (Å²) in [7, 11) is 0. The SMILES string of the molecule is CC(C)(C)c1ccc(COc2ccc3c(c2)CCN=C3C=Cc2ccc(C#N)cc2)cc1. The van der Waals surface area contributed by atoms with Crippen LogP contribution in [-0.4, -0.2) is 12.3 Å². The number of hydrogen-bond acceptors (Lipinski definition) is 3. The summed E-state index contributed by atoms with van der Waals surface area (Å²) in [6, 6.07) is 24.7. The van der Waals surface area contributed by atoms with Gasteiger partial charge >= 0.3 is 0 Å². The quantitative estimate of drug-likeness (QED) is 0.473. The predicted molar refractivity (Wildman–Crippen MR) is 131 cm³/mol. The summed E-state index contributed by atoms with van der Waals surface area (Å²) in [5, 5.41) is 8.94. The lowest BCUT2D eigenvalue weighted by Crippen LogP contribution is -2.11. The van der Waals surface area contributed by atoms with E-state index < -0.39 is 0 Å². The molecule has 0 saturated heterocycles. The van der Waals surface area contributed by atoms with Crippen LogP contribution in [0.4, 0.5) is 0 Å². The van der Waals surface area contributed by atoms with E-state index in [0.29, 0.717) is 12.2 Å². The van der Waals surface area contributed by atoms with E-state index in [-0.39, 0.29) is 5.41 Å². The molecular formula is C29H28N2O. The topological polar surface area (TPSA) is 45.4 Å². The van der Waals surface area contributed by atoms with E-state index in [1.165, 1.54) is 16.7 Å². The van der Waals surface area contributed by atoms with Gasteiger partial charge in [0.15, 0.2) is 0 Å². The summed E-state index contributed by atoms with van der Waals surface area (Å²) in [6.07, 6.45) is 5.01. The highest BCUT2D eigenvalue weighted by Crippen LogP contribution is 2.25. The second-order valence-corrected chi connectivity index (χ2v) is 9.14. The summed E-state index contributed by atoms with van der Waals surface area (Å²) in [4.78, 5) is 4.71. The van der Waals surface area contributed by atoms with Crippen molar-refractivity contribution in [2.45, 2.75) is 39.2 Å². The van der Waals surface area contributed by atoms with Crippen LogP contribution in [0, 0.1) is 11.3 Å². The molecule has 0 radical (unpaired) electrons. The maximum absolute atomic E-state index is 8.94. The van der Waals surface area contributed by atoms with Crippen molar-refractivity contribution in [3.63, 3.8) is 0 Å². The minimum absolute atomic E-state index is 0.158. The number of benzene rings is 3. The largest absolute Gasteiger partial charge is 0.489 e. The highest BCUT2D eigenvalue weighted by Gasteiger charge is 2.14.